The van der Waals surface area contributed by atoms with Gasteiger partial charge < -0.3 is 19.5 Å². The molecule has 1 aromatic heterocycles. The molecule has 0 saturated carbocycles. The molecule has 0 fully saturated rings. The number of aromatic nitrogens is 4. The van der Waals surface area contributed by atoms with Gasteiger partial charge in [0, 0.05) is 18.3 Å². The van der Waals surface area contributed by atoms with Crippen molar-refractivity contribution in [3.05, 3.63) is 24.2 Å². The number of hydrogen-bond donors (Lipinski definition) is 2. The summed E-state index contributed by atoms with van der Waals surface area (Å²) >= 11 is 0. The summed E-state index contributed by atoms with van der Waals surface area (Å²) in [6, 6.07) is 5.35. The van der Waals surface area contributed by atoms with Crippen molar-refractivity contribution in [2.24, 2.45) is 0 Å². The van der Waals surface area contributed by atoms with Crippen LogP contribution in [0.25, 0.3) is 5.57 Å². The van der Waals surface area contributed by atoms with E-state index in [1.165, 1.54) is 27.5 Å². The van der Waals surface area contributed by atoms with Gasteiger partial charge in [-0.1, -0.05) is 0 Å². The Bertz CT molecular complexity index is 705. The van der Waals surface area contributed by atoms with Crippen LogP contribution in [0.2, 0.25) is 0 Å². The molecule has 2 aromatic rings. The Hall–Kier alpha value is -3.28. The van der Waals surface area contributed by atoms with Crippen molar-refractivity contribution >= 4 is 11.3 Å². The van der Waals surface area contributed by atoms with Gasteiger partial charge in [0.1, 0.15) is 17.4 Å². The molecule has 9 heteroatoms. The van der Waals surface area contributed by atoms with E-state index in [1.807, 2.05) is 6.07 Å². The Morgan fingerprint density at radius 3 is 2.41 bits per heavy atom. The lowest BCUT2D eigenvalue weighted by Crippen LogP contribution is -1.98. The fraction of sp³-hybridized carbons (Fsp3) is 0.231. The summed E-state index contributed by atoms with van der Waals surface area (Å²) in [5.74, 6) is 1.78. The van der Waals surface area contributed by atoms with Crippen molar-refractivity contribution in [1.82, 2.24) is 20.6 Å². The number of nitriles is 1. The maximum absolute atomic E-state index is 9.13. The van der Waals surface area contributed by atoms with Crippen LogP contribution in [0.1, 0.15) is 5.82 Å². The third-order valence-electron chi connectivity index (χ3n) is 2.78. The second kappa shape index (κ2) is 6.94. The third kappa shape index (κ3) is 3.06. The lowest BCUT2D eigenvalue weighted by atomic mass is 10.2. The van der Waals surface area contributed by atoms with E-state index in [2.05, 4.69) is 25.9 Å². The normalized spacial score (nSPS) is 10.7. The number of nitrogens with one attached hydrogen (secondary N) is 2. The summed E-state index contributed by atoms with van der Waals surface area (Å²) in [7, 11) is 4.60. The molecule has 0 aliphatic heterocycles. The molecular weight excluding hydrogens is 288 g/mol. The summed E-state index contributed by atoms with van der Waals surface area (Å²) in [4.78, 5) is 0. The number of H-pyrrole nitrogens is 1. The highest BCUT2D eigenvalue weighted by molar-refractivity contribution is 5.75. The molecular formula is C13H14N6O3. The SMILES string of the molecule is COc1cc(OC)c(OC)cc1NC=C(C#N)c1nn[nH]n1. The number of ether oxygens (including phenoxy) is 3. The van der Waals surface area contributed by atoms with Gasteiger partial charge in [-0.05, 0) is 5.21 Å². The highest BCUT2D eigenvalue weighted by Gasteiger charge is 2.12. The highest BCUT2D eigenvalue weighted by atomic mass is 16.5. The Kier molecular flexibility index (Phi) is 4.77. The van der Waals surface area contributed by atoms with Crippen LogP contribution in [0.4, 0.5) is 5.69 Å². The fourth-order valence-corrected chi connectivity index (χ4v) is 1.71. The molecule has 114 valence electrons. The van der Waals surface area contributed by atoms with E-state index in [4.69, 9.17) is 19.5 Å². The average molecular weight is 302 g/mol. The molecule has 22 heavy (non-hydrogen) atoms. The first-order valence-electron chi connectivity index (χ1n) is 6.14. The zero-order valence-corrected chi connectivity index (χ0v) is 12.2. The molecule has 2 N–H and O–H groups in total. The van der Waals surface area contributed by atoms with E-state index < -0.39 is 0 Å². The van der Waals surface area contributed by atoms with Crippen LogP contribution >= 0.6 is 0 Å². The van der Waals surface area contributed by atoms with Crippen LogP contribution in [0, 0.1) is 11.3 Å². The molecule has 0 spiro atoms. The van der Waals surface area contributed by atoms with Crippen molar-refractivity contribution < 1.29 is 14.2 Å². The number of allylic oxidation sites excluding steroid dienone is 1. The van der Waals surface area contributed by atoms with Crippen LogP contribution in [-0.2, 0) is 0 Å². The summed E-state index contributed by atoms with van der Waals surface area (Å²) < 4.78 is 15.7. The molecule has 2 rings (SSSR count). The fourth-order valence-electron chi connectivity index (χ4n) is 1.71. The Morgan fingerprint density at radius 2 is 1.86 bits per heavy atom. The molecule has 0 atom stereocenters. The number of tetrazole rings is 1. The van der Waals surface area contributed by atoms with Gasteiger partial charge in [-0.2, -0.15) is 10.5 Å². The molecule has 0 unspecified atom stereocenters. The van der Waals surface area contributed by atoms with Crippen LogP contribution in [0.15, 0.2) is 18.3 Å². The molecule has 0 aliphatic rings. The number of benzene rings is 1. The molecule has 0 aliphatic carbocycles. The predicted octanol–water partition coefficient (Wildman–Crippen LogP) is 1.20. The largest absolute Gasteiger partial charge is 0.494 e. The van der Waals surface area contributed by atoms with Crippen molar-refractivity contribution in [3.8, 4) is 23.3 Å². The molecule has 9 nitrogen and oxygen atoms in total. The minimum absolute atomic E-state index is 0.189. The van der Waals surface area contributed by atoms with Gasteiger partial charge in [0.2, 0.25) is 5.82 Å². The first-order chi connectivity index (χ1) is 10.7. The predicted molar refractivity (Wildman–Crippen MR) is 77.5 cm³/mol. The quantitative estimate of drug-likeness (QED) is 0.764. The van der Waals surface area contributed by atoms with E-state index >= 15 is 0 Å². The van der Waals surface area contributed by atoms with Crippen LogP contribution in [-0.4, -0.2) is 42.0 Å². The standard InChI is InChI=1S/C13H14N6O3/c1-20-10-5-12(22-3)11(21-2)4-9(10)15-7-8(6-14)13-16-18-19-17-13/h4-5,7,15H,1-3H3,(H,16,17,18,19). The second-order valence-electron chi connectivity index (χ2n) is 3.96. The van der Waals surface area contributed by atoms with Crippen molar-refractivity contribution in [2.75, 3.05) is 26.6 Å². The summed E-state index contributed by atoms with van der Waals surface area (Å²) in [5, 5.41) is 25.3. The van der Waals surface area contributed by atoms with E-state index in [0.717, 1.165) is 0 Å². The minimum Gasteiger partial charge on any atom is -0.494 e. The van der Waals surface area contributed by atoms with Gasteiger partial charge in [0.15, 0.2) is 11.5 Å². The zero-order chi connectivity index (χ0) is 15.9. The molecule has 0 bridgehead atoms. The van der Waals surface area contributed by atoms with Gasteiger partial charge >= 0.3 is 0 Å². The first-order valence-corrected chi connectivity index (χ1v) is 6.14. The van der Waals surface area contributed by atoms with Gasteiger partial charge in [0.25, 0.3) is 0 Å². The second-order valence-corrected chi connectivity index (χ2v) is 3.96. The van der Waals surface area contributed by atoms with Crippen LogP contribution in [0.3, 0.4) is 0 Å². The smallest absolute Gasteiger partial charge is 0.216 e. The third-order valence-corrected chi connectivity index (χ3v) is 2.78. The molecule has 1 aromatic carbocycles. The number of nitrogens with zero attached hydrogens (tertiary/aromatic N) is 4. The van der Waals surface area contributed by atoms with E-state index in [-0.39, 0.29) is 11.4 Å². The molecule has 1 heterocycles. The highest BCUT2D eigenvalue weighted by Crippen LogP contribution is 2.37. The average Bonchev–Trinajstić information content (AvgIpc) is 3.09. The number of rotatable bonds is 6. The number of aromatic amines is 1. The zero-order valence-electron chi connectivity index (χ0n) is 12.2. The number of hydrogen-bond acceptors (Lipinski definition) is 8. The Balaban J connectivity index is 2.34. The Labute approximate surface area is 126 Å². The maximum atomic E-state index is 9.13. The summed E-state index contributed by atoms with van der Waals surface area (Å²) in [6.45, 7) is 0. The van der Waals surface area contributed by atoms with Gasteiger partial charge in [-0.3, -0.25) is 0 Å². The van der Waals surface area contributed by atoms with E-state index in [1.54, 1.807) is 12.1 Å². The van der Waals surface area contributed by atoms with E-state index in [9.17, 15) is 0 Å². The van der Waals surface area contributed by atoms with Gasteiger partial charge in [-0.25, -0.2) is 0 Å². The maximum Gasteiger partial charge on any atom is 0.216 e. The Morgan fingerprint density at radius 1 is 1.18 bits per heavy atom. The molecule has 0 amide bonds. The molecule has 0 radical (unpaired) electrons. The van der Waals surface area contributed by atoms with Crippen LogP contribution in [0.5, 0.6) is 17.2 Å². The monoisotopic (exact) mass is 302 g/mol. The molecule has 0 saturated heterocycles. The lowest BCUT2D eigenvalue weighted by molar-refractivity contribution is 0.349. The summed E-state index contributed by atoms with van der Waals surface area (Å²) in [5.41, 5.74) is 0.807. The summed E-state index contributed by atoms with van der Waals surface area (Å²) in [6.07, 6.45) is 1.45. The van der Waals surface area contributed by atoms with Crippen molar-refractivity contribution in [2.45, 2.75) is 0 Å². The van der Waals surface area contributed by atoms with Crippen molar-refractivity contribution in [3.63, 3.8) is 0 Å². The van der Waals surface area contributed by atoms with Gasteiger partial charge in [-0.15, -0.1) is 10.2 Å². The number of methoxy groups -OCH3 is 3. The van der Waals surface area contributed by atoms with E-state index in [0.29, 0.717) is 22.9 Å². The first kappa shape index (κ1) is 15.1. The van der Waals surface area contributed by atoms with Crippen LogP contribution < -0.4 is 19.5 Å². The van der Waals surface area contributed by atoms with Gasteiger partial charge in [0.05, 0.1) is 27.0 Å². The van der Waals surface area contributed by atoms with Crippen molar-refractivity contribution in [1.29, 1.82) is 5.26 Å². The topological polar surface area (TPSA) is 118 Å². The number of anilines is 1. The lowest BCUT2D eigenvalue weighted by Gasteiger charge is -2.13. The minimum atomic E-state index is 0.189.